The van der Waals surface area contributed by atoms with Crippen molar-refractivity contribution in [3.05, 3.63) is 57.4 Å². The lowest BCUT2D eigenvalue weighted by Crippen LogP contribution is -2.41. The Morgan fingerprint density at radius 2 is 2.00 bits per heavy atom. The third-order valence-electron chi connectivity index (χ3n) is 5.23. The van der Waals surface area contributed by atoms with E-state index in [9.17, 15) is 14.7 Å². The van der Waals surface area contributed by atoms with Gasteiger partial charge in [0.05, 0.1) is 10.5 Å². The summed E-state index contributed by atoms with van der Waals surface area (Å²) in [6.45, 7) is 1.83. The summed E-state index contributed by atoms with van der Waals surface area (Å²) in [5.74, 6) is 0.0443. The second-order valence-electron chi connectivity index (χ2n) is 6.92. The van der Waals surface area contributed by atoms with E-state index in [1.807, 2.05) is 18.4 Å². The third-order valence-corrected chi connectivity index (χ3v) is 6.10. The molecule has 1 N–H and O–H groups in total. The predicted octanol–water partition coefficient (Wildman–Crippen LogP) is 4.56. The molecule has 136 valence electrons. The molecule has 4 rings (SSSR count). The maximum Gasteiger partial charge on any atom is 0.290 e. The van der Waals surface area contributed by atoms with Crippen molar-refractivity contribution in [2.45, 2.75) is 51.1 Å². The van der Waals surface area contributed by atoms with Crippen LogP contribution in [0.15, 0.2) is 45.4 Å². The molecule has 2 aromatic rings. The number of thiophene rings is 1. The lowest BCUT2D eigenvalue weighted by atomic mass is 9.92. The zero-order valence-electron chi connectivity index (χ0n) is 14.6. The average Bonchev–Trinajstić information content (AvgIpc) is 3.37. The molecule has 1 fully saturated rings. The van der Waals surface area contributed by atoms with E-state index in [-0.39, 0.29) is 17.4 Å². The number of ketones is 1. The van der Waals surface area contributed by atoms with Crippen molar-refractivity contribution < 1.29 is 19.1 Å². The molecule has 0 saturated heterocycles. The number of aliphatic hydroxyl groups is 1. The molecule has 2 aromatic heterocycles. The highest BCUT2D eigenvalue weighted by molar-refractivity contribution is 7.12. The number of Topliss-reactive ketones (excluding diaryl/α,β-unsaturated/α-hetero) is 1. The lowest BCUT2D eigenvalue weighted by molar-refractivity contribution is -0.132. The Morgan fingerprint density at radius 1 is 1.23 bits per heavy atom. The molecule has 3 heterocycles. The topological polar surface area (TPSA) is 70.8 Å². The number of carbonyl (C=O) groups excluding carboxylic acids is 2. The fraction of sp³-hybridized carbons (Fsp3) is 0.400. The van der Waals surface area contributed by atoms with Crippen molar-refractivity contribution in [2.24, 2.45) is 0 Å². The van der Waals surface area contributed by atoms with Gasteiger partial charge in [-0.1, -0.05) is 25.3 Å². The van der Waals surface area contributed by atoms with E-state index >= 15 is 0 Å². The molecule has 6 heteroatoms. The molecule has 1 atom stereocenters. The number of carbonyl (C=O) groups is 2. The summed E-state index contributed by atoms with van der Waals surface area (Å²) >= 11 is 1.31. The van der Waals surface area contributed by atoms with Crippen LogP contribution in [0.3, 0.4) is 0 Å². The Bertz CT molecular complexity index is 858. The number of aryl methyl sites for hydroxylation is 1. The van der Waals surface area contributed by atoms with Gasteiger partial charge >= 0.3 is 0 Å². The molecule has 26 heavy (non-hydrogen) atoms. The molecular formula is C20H21NO4S. The number of hydrogen-bond acceptors (Lipinski definition) is 5. The minimum Gasteiger partial charge on any atom is -0.503 e. The summed E-state index contributed by atoms with van der Waals surface area (Å²) < 4.78 is 5.79. The fourth-order valence-electron chi connectivity index (χ4n) is 4.01. The van der Waals surface area contributed by atoms with E-state index in [0.717, 1.165) is 32.1 Å². The van der Waals surface area contributed by atoms with Crippen molar-refractivity contribution in [3.8, 4) is 0 Å². The van der Waals surface area contributed by atoms with Gasteiger partial charge in [-0.15, -0.1) is 11.3 Å². The molecule has 1 amide bonds. The van der Waals surface area contributed by atoms with Crippen LogP contribution in [0, 0.1) is 6.92 Å². The summed E-state index contributed by atoms with van der Waals surface area (Å²) in [6.07, 6.45) is 5.02. The maximum absolute atomic E-state index is 13.1. The highest BCUT2D eigenvalue weighted by Crippen LogP contribution is 2.43. The number of rotatable bonds is 4. The van der Waals surface area contributed by atoms with E-state index in [2.05, 4.69) is 0 Å². The predicted molar refractivity (Wildman–Crippen MR) is 98.2 cm³/mol. The van der Waals surface area contributed by atoms with Crippen LogP contribution in [0.25, 0.3) is 0 Å². The van der Waals surface area contributed by atoms with Gasteiger partial charge in [-0.25, -0.2) is 0 Å². The molecule has 0 radical (unpaired) electrons. The van der Waals surface area contributed by atoms with Gasteiger partial charge in [-0.3, -0.25) is 9.59 Å². The van der Waals surface area contributed by atoms with Crippen molar-refractivity contribution >= 4 is 23.0 Å². The van der Waals surface area contributed by atoms with Gasteiger partial charge in [0.25, 0.3) is 5.91 Å². The third kappa shape index (κ3) is 2.78. The van der Waals surface area contributed by atoms with Crippen LogP contribution in [0.2, 0.25) is 0 Å². The molecule has 0 spiro atoms. The maximum atomic E-state index is 13.1. The van der Waals surface area contributed by atoms with Gasteiger partial charge in [-0.05, 0) is 43.3 Å². The summed E-state index contributed by atoms with van der Waals surface area (Å²) in [5, 5.41) is 12.4. The van der Waals surface area contributed by atoms with Gasteiger partial charge in [0.2, 0.25) is 5.78 Å². The van der Waals surface area contributed by atoms with Crippen LogP contribution in [0.1, 0.15) is 59.3 Å². The second-order valence-corrected chi connectivity index (χ2v) is 7.87. The zero-order valence-corrected chi connectivity index (χ0v) is 15.4. The van der Waals surface area contributed by atoms with Crippen molar-refractivity contribution in [1.82, 2.24) is 4.90 Å². The molecule has 1 aliphatic heterocycles. The van der Waals surface area contributed by atoms with Gasteiger partial charge in [0.1, 0.15) is 17.6 Å². The highest BCUT2D eigenvalue weighted by Gasteiger charge is 2.48. The molecule has 1 unspecified atom stereocenters. The van der Waals surface area contributed by atoms with Gasteiger partial charge in [0.15, 0.2) is 5.76 Å². The first-order valence-corrected chi connectivity index (χ1v) is 9.86. The Morgan fingerprint density at radius 3 is 2.62 bits per heavy atom. The molecule has 1 aliphatic carbocycles. The Hall–Kier alpha value is -2.34. The SMILES string of the molecule is Cc1ccc(C2C(C(=O)c3cccs3)=C(O)C(=O)N2C2CCCCC2)o1. The van der Waals surface area contributed by atoms with Crippen molar-refractivity contribution in [3.63, 3.8) is 0 Å². The molecular weight excluding hydrogens is 350 g/mol. The number of aliphatic hydroxyl groups excluding tert-OH is 1. The Balaban J connectivity index is 1.79. The van der Waals surface area contributed by atoms with Crippen molar-refractivity contribution in [1.29, 1.82) is 0 Å². The monoisotopic (exact) mass is 371 g/mol. The molecule has 0 bridgehead atoms. The van der Waals surface area contributed by atoms with E-state index < -0.39 is 17.7 Å². The van der Waals surface area contributed by atoms with Crippen molar-refractivity contribution in [2.75, 3.05) is 0 Å². The van der Waals surface area contributed by atoms with Crippen LogP contribution >= 0.6 is 11.3 Å². The van der Waals surface area contributed by atoms with E-state index in [4.69, 9.17) is 4.42 Å². The van der Waals surface area contributed by atoms with Gasteiger partial charge < -0.3 is 14.4 Å². The van der Waals surface area contributed by atoms with Crippen LogP contribution in [0.5, 0.6) is 0 Å². The number of nitrogens with zero attached hydrogens (tertiary/aromatic N) is 1. The number of furan rings is 1. The zero-order chi connectivity index (χ0) is 18.3. The van der Waals surface area contributed by atoms with Crippen LogP contribution in [-0.4, -0.2) is 27.7 Å². The first kappa shape index (κ1) is 17.1. The Kier molecular flexibility index (Phi) is 4.44. The lowest BCUT2D eigenvalue weighted by Gasteiger charge is -2.35. The average molecular weight is 371 g/mol. The standard InChI is InChI=1S/C20H21NO4S/c1-12-9-10-14(25-12)17-16(18(22)15-8-5-11-26-15)19(23)20(24)21(17)13-6-3-2-4-7-13/h5,8-11,13,17,23H,2-4,6-7H2,1H3. The summed E-state index contributed by atoms with van der Waals surface area (Å²) in [4.78, 5) is 28.1. The summed E-state index contributed by atoms with van der Waals surface area (Å²) in [5.41, 5.74) is 0.136. The molecule has 0 aromatic carbocycles. The second kappa shape index (κ2) is 6.76. The quantitative estimate of drug-likeness (QED) is 0.800. The number of amides is 1. The summed E-state index contributed by atoms with van der Waals surface area (Å²) in [6, 6.07) is 6.48. The van der Waals surface area contributed by atoms with Crippen LogP contribution in [-0.2, 0) is 4.79 Å². The summed E-state index contributed by atoms with van der Waals surface area (Å²) in [7, 11) is 0. The molecule has 2 aliphatic rings. The largest absolute Gasteiger partial charge is 0.503 e. The Labute approximate surface area is 155 Å². The van der Waals surface area contributed by atoms with Gasteiger partial charge in [0, 0.05) is 6.04 Å². The number of hydrogen-bond donors (Lipinski definition) is 1. The molecule has 5 nitrogen and oxygen atoms in total. The molecule has 1 saturated carbocycles. The van der Waals surface area contributed by atoms with E-state index in [1.54, 1.807) is 23.1 Å². The van der Waals surface area contributed by atoms with Gasteiger partial charge in [-0.2, -0.15) is 0 Å². The normalized spacial score (nSPS) is 21.7. The smallest absolute Gasteiger partial charge is 0.290 e. The first-order chi connectivity index (χ1) is 12.6. The fourth-order valence-corrected chi connectivity index (χ4v) is 4.69. The van der Waals surface area contributed by atoms with Crippen LogP contribution < -0.4 is 0 Å². The van der Waals surface area contributed by atoms with Crippen LogP contribution in [0.4, 0.5) is 0 Å². The van der Waals surface area contributed by atoms with E-state index in [1.165, 1.54) is 11.3 Å². The van der Waals surface area contributed by atoms with E-state index in [0.29, 0.717) is 16.4 Å². The highest BCUT2D eigenvalue weighted by atomic mass is 32.1. The minimum atomic E-state index is -0.658. The first-order valence-electron chi connectivity index (χ1n) is 8.98. The minimum absolute atomic E-state index is 0.0161.